The predicted molar refractivity (Wildman–Crippen MR) is 73.4 cm³/mol. The largest absolute Gasteiger partial charge is 0.485 e. The average molecular weight is 267 g/mol. The Morgan fingerprint density at radius 1 is 1.53 bits per heavy atom. The van der Waals surface area contributed by atoms with Crippen LogP contribution in [0, 0.1) is 23.0 Å². The van der Waals surface area contributed by atoms with Crippen LogP contribution in [-0.2, 0) is 0 Å². The van der Waals surface area contributed by atoms with Gasteiger partial charge in [-0.2, -0.15) is 0 Å². The van der Waals surface area contributed by atoms with E-state index in [9.17, 15) is 10.1 Å². The van der Waals surface area contributed by atoms with E-state index in [1.165, 1.54) is 0 Å². The molecule has 0 aliphatic heterocycles. The first-order valence-electron chi connectivity index (χ1n) is 6.50. The molecule has 0 fully saturated rings. The molecule has 1 heterocycles. The third-order valence-corrected chi connectivity index (χ3v) is 2.59. The van der Waals surface area contributed by atoms with Crippen molar-refractivity contribution in [2.45, 2.75) is 27.2 Å². The van der Waals surface area contributed by atoms with Gasteiger partial charge in [-0.1, -0.05) is 13.8 Å². The molecule has 6 nitrogen and oxygen atoms in total. The van der Waals surface area contributed by atoms with Crippen LogP contribution in [0.4, 0.5) is 5.82 Å². The van der Waals surface area contributed by atoms with Crippen LogP contribution in [0.5, 0.6) is 5.75 Å². The first-order chi connectivity index (χ1) is 9.04. The number of nitrogens with zero attached hydrogens (tertiary/aromatic N) is 2. The van der Waals surface area contributed by atoms with Crippen LogP contribution >= 0.6 is 0 Å². The summed E-state index contributed by atoms with van der Waals surface area (Å²) in [6.07, 6.45) is 1.08. The van der Waals surface area contributed by atoms with Gasteiger partial charge in [0.2, 0.25) is 5.75 Å². The Bertz CT molecular complexity index is 424. The van der Waals surface area contributed by atoms with E-state index in [0.717, 1.165) is 19.5 Å². The van der Waals surface area contributed by atoms with Crippen molar-refractivity contribution in [1.29, 1.82) is 0 Å². The quantitative estimate of drug-likeness (QED) is 0.444. The predicted octanol–water partition coefficient (Wildman–Crippen LogP) is 2.31. The highest BCUT2D eigenvalue weighted by Crippen LogP contribution is 2.24. The van der Waals surface area contributed by atoms with Gasteiger partial charge in [-0.3, -0.25) is 0 Å². The van der Waals surface area contributed by atoms with Gasteiger partial charge in [-0.15, -0.1) is 0 Å². The second-order valence-corrected chi connectivity index (χ2v) is 4.65. The van der Waals surface area contributed by atoms with Crippen molar-refractivity contribution >= 4 is 5.82 Å². The summed E-state index contributed by atoms with van der Waals surface area (Å²) in [7, 11) is 0. The molecule has 0 aromatic carbocycles. The highest BCUT2D eigenvalue weighted by molar-refractivity contribution is 5.40. The zero-order valence-corrected chi connectivity index (χ0v) is 11.7. The maximum Gasteiger partial charge on any atom is 0.406 e. The fourth-order valence-electron chi connectivity index (χ4n) is 1.59. The highest BCUT2D eigenvalue weighted by Gasteiger charge is 2.18. The molecule has 1 rings (SSSR count). The van der Waals surface area contributed by atoms with Crippen LogP contribution in [-0.4, -0.2) is 29.6 Å². The van der Waals surface area contributed by atoms with Gasteiger partial charge in [-0.05, 0) is 35.0 Å². The summed E-state index contributed by atoms with van der Waals surface area (Å²) in [6.45, 7) is 8.10. The summed E-state index contributed by atoms with van der Waals surface area (Å²) in [5, 5.41) is 14.2. The molecule has 0 aliphatic carbocycles. The minimum Gasteiger partial charge on any atom is -0.485 e. The minimum atomic E-state index is -0.512. The van der Waals surface area contributed by atoms with Gasteiger partial charge in [0.15, 0.2) is 0 Å². The summed E-state index contributed by atoms with van der Waals surface area (Å²) in [5.74, 6) is 0.305. The Morgan fingerprint density at radius 3 is 2.89 bits per heavy atom. The van der Waals surface area contributed by atoms with Crippen molar-refractivity contribution in [1.82, 2.24) is 10.3 Å². The van der Waals surface area contributed by atoms with E-state index in [-0.39, 0.29) is 17.5 Å². The number of pyridine rings is 1. The highest BCUT2D eigenvalue weighted by atomic mass is 16.6. The number of hydrogen-bond acceptors (Lipinski definition) is 5. The number of aryl methyl sites for hydroxylation is 1. The van der Waals surface area contributed by atoms with Crippen molar-refractivity contribution in [2.75, 3.05) is 19.7 Å². The molecular weight excluding hydrogens is 246 g/mol. The molecule has 0 bridgehead atoms. The zero-order valence-electron chi connectivity index (χ0n) is 11.7. The molecule has 0 saturated heterocycles. The number of ether oxygens (including phenoxy) is 1. The lowest BCUT2D eigenvalue weighted by molar-refractivity contribution is -0.390. The molecule has 1 unspecified atom stereocenters. The molecule has 106 valence electrons. The molecule has 0 radical (unpaired) electrons. The van der Waals surface area contributed by atoms with Crippen molar-refractivity contribution in [3.63, 3.8) is 0 Å². The van der Waals surface area contributed by atoms with Crippen LogP contribution in [0.3, 0.4) is 0 Å². The maximum atomic E-state index is 10.9. The van der Waals surface area contributed by atoms with Crippen LogP contribution in [0.25, 0.3) is 0 Å². The summed E-state index contributed by atoms with van der Waals surface area (Å²) in [5.41, 5.74) is 0.608. The molecule has 6 heteroatoms. The monoisotopic (exact) mass is 267 g/mol. The topological polar surface area (TPSA) is 77.3 Å². The standard InChI is InChI=1S/C13H21N3O3/c1-4-7-14-8-10(2)9-19-12-6-5-11(3)15-13(12)16(17)18/h5-6,10,14H,4,7-9H2,1-3H3. The smallest absolute Gasteiger partial charge is 0.406 e. The van der Waals surface area contributed by atoms with E-state index < -0.39 is 4.92 Å². The van der Waals surface area contributed by atoms with Gasteiger partial charge < -0.3 is 20.2 Å². The summed E-state index contributed by atoms with van der Waals surface area (Å²) in [6, 6.07) is 3.31. The van der Waals surface area contributed by atoms with E-state index in [4.69, 9.17) is 4.74 Å². The van der Waals surface area contributed by atoms with Crippen molar-refractivity contribution in [2.24, 2.45) is 5.92 Å². The number of nitrogens with one attached hydrogen (secondary N) is 1. The molecule has 0 amide bonds. The first-order valence-corrected chi connectivity index (χ1v) is 6.50. The van der Waals surface area contributed by atoms with E-state index in [1.54, 1.807) is 19.1 Å². The Balaban J connectivity index is 2.55. The van der Waals surface area contributed by atoms with Crippen LogP contribution in [0.1, 0.15) is 26.0 Å². The lowest BCUT2D eigenvalue weighted by Crippen LogP contribution is -2.25. The second kappa shape index (κ2) is 7.68. The first kappa shape index (κ1) is 15.4. The molecule has 1 atom stereocenters. The second-order valence-electron chi connectivity index (χ2n) is 4.65. The number of rotatable bonds is 8. The summed E-state index contributed by atoms with van der Waals surface area (Å²) in [4.78, 5) is 14.3. The lowest BCUT2D eigenvalue weighted by Gasteiger charge is -2.13. The molecule has 0 saturated carbocycles. The number of aromatic nitrogens is 1. The lowest BCUT2D eigenvalue weighted by atomic mass is 10.2. The van der Waals surface area contributed by atoms with Crippen LogP contribution in [0.15, 0.2) is 12.1 Å². The Morgan fingerprint density at radius 2 is 2.26 bits per heavy atom. The van der Waals surface area contributed by atoms with Crippen molar-refractivity contribution in [3.05, 3.63) is 27.9 Å². The van der Waals surface area contributed by atoms with Gasteiger partial charge in [-0.25, -0.2) is 0 Å². The molecule has 19 heavy (non-hydrogen) atoms. The van der Waals surface area contributed by atoms with Gasteiger partial charge in [0, 0.05) is 19.4 Å². The van der Waals surface area contributed by atoms with Crippen molar-refractivity contribution < 1.29 is 9.66 Å². The van der Waals surface area contributed by atoms with Crippen LogP contribution in [0.2, 0.25) is 0 Å². The third kappa shape index (κ3) is 5.21. The number of hydrogen-bond donors (Lipinski definition) is 1. The Labute approximate surface area is 113 Å². The summed E-state index contributed by atoms with van der Waals surface area (Å²) >= 11 is 0. The maximum absolute atomic E-state index is 10.9. The fourth-order valence-corrected chi connectivity index (χ4v) is 1.59. The normalized spacial score (nSPS) is 12.2. The third-order valence-electron chi connectivity index (χ3n) is 2.59. The van der Waals surface area contributed by atoms with Gasteiger partial charge >= 0.3 is 5.82 Å². The molecule has 1 N–H and O–H groups in total. The molecular formula is C13H21N3O3. The van der Waals surface area contributed by atoms with Crippen LogP contribution < -0.4 is 10.1 Å². The molecule has 0 spiro atoms. The van der Waals surface area contributed by atoms with E-state index in [2.05, 4.69) is 17.2 Å². The molecule has 0 aliphatic rings. The van der Waals surface area contributed by atoms with E-state index in [0.29, 0.717) is 12.3 Å². The van der Waals surface area contributed by atoms with Gasteiger partial charge in [0.25, 0.3) is 0 Å². The van der Waals surface area contributed by atoms with Gasteiger partial charge in [0.05, 0.1) is 6.61 Å². The van der Waals surface area contributed by atoms with E-state index >= 15 is 0 Å². The molecule has 1 aromatic heterocycles. The Kier molecular flexibility index (Phi) is 6.21. The minimum absolute atomic E-state index is 0.214. The number of nitro groups is 1. The average Bonchev–Trinajstić information content (AvgIpc) is 2.37. The van der Waals surface area contributed by atoms with Gasteiger partial charge in [0.1, 0.15) is 5.69 Å². The molecule has 1 aromatic rings. The zero-order chi connectivity index (χ0) is 14.3. The summed E-state index contributed by atoms with van der Waals surface area (Å²) < 4.78 is 5.50. The van der Waals surface area contributed by atoms with Crippen molar-refractivity contribution in [3.8, 4) is 5.75 Å². The Hall–Kier alpha value is -1.69. The fraction of sp³-hybridized carbons (Fsp3) is 0.615. The SMILES string of the molecule is CCCNCC(C)COc1ccc(C)nc1[N+](=O)[O-]. The van der Waals surface area contributed by atoms with E-state index in [1.807, 2.05) is 6.92 Å².